The first kappa shape index (κ1) is 27.3. The number of nitrogen functional groups attached to an aromatic ring is 1. The summed E-state index contributed by atoms with van der Waals surface area (Å²) in [5.74, 6) is 0.895. The molecular weight excluding hydrogens is 501 g/mol. The maximum Gasteiger partial charge on any atom is 0.172 e. The zero-order chi connectivity index (χ0) is 26.6. The minimum absolute atomic E-state index is 0.0589. The maximum absolute atomic E-state index is 13.2. The van der Waals surface area contributed by atoms with Gasteiger partial charge in [0, 0.05) is 39.1 Å². The number of nitrogens with two attached hydrogens (primary N) is 1. The Morgan fingerprint density at radius 2 is 1.86 bits per heavy atom. The lowest BCUT2D eigenvalue weighted by Crippen LogP contribution is -2.39. The normalized spacial score (nSPS) is 17.4. The van der Waals surface area contributed by atoms with Gasteiger partial charge in [-0.2, -0.15) is 0 Å². The molecule has 0 aliphatic carbocycles. The molecule has 0 bridgehead atoms. The van der Waals surface area contributed by atoms with E-state index in [-0.39, 0.29) is 16.9 Å². The molecule has 5 rings (SSSR count). The van der Waals surface area contributed by atoms with E-state index >= 15 is 0 Å². The number of aliphatic hydroxyl groups is 2. The van der Waals surface area contributed by atoms with Crippen molar-refractivity contribution in [2.75, 3.05) is 36.9 Å². The van der Waals surface area contributed by atoms with Gasteiger partial charge in [0.1, 0.15) is 29.3 Å². The molecule has 1 unspecified atom stereocenters. The number of fused-ring (bicyclic) bond motifs is 1. The lowest BCUT2D eigenvalue weighted by Gasteiger charge is -2.33. The van der Waals surface area contributed by atoms with Crippen molar-refractivity contribution in [3.63, 3.8) is 0 Å². The van der Waals surface area contributed by atoms with E-state index in [2.05, 4.69) is 15.0 Å². The number of hydrogen-bond donors (Lipinski definition) is 3. The Bertz CT molecular complexity index is 1210. The summed E-state index contributed by atoms with van der Waals surface area (Å²) >= 11 is 6.06. The van der Waals surface area contributed by atoms with Crippen molar-refractivity contribution in [2.45, 2.75) is 57.3 Å². The number of ether oxygens (including phenoxy) is 2. The third-order valence-electron chi connectivity index (χ3n) is 6.29. The molecule has 11 heteroatoms. The van der Waals surface area contributed by atoms with Gasteiger partial charge in [-0.15, -0.1) is 0 Å². The highest BCUT2D eigenvalue weighted by Crippen LogP contribution is 2.31. The number of hydrogen-bond acceptors (Lipinski definition) is 9. The number of rotatable bonds is 5. The molecular formula is C26H33ClFN5O4. The van der Waals surface area contributed by atoms with Gasteiger partial charge in [-0.1, -0.05) is 11.6 Å². The summed E-state index contributed by atoms with van der Waals surface area (Å²) in [5, 5.41) is 20.5. The van der Waals surface area contributed by atoms with Crippen LogP contribution in [-0.2, 0) is 4.74 Å². The molecule has 2 aliphatic rings. The first-order valence-electron chi connectivity index (χ1n) is 12.4. The average molecular weight is 534 g/mol. The van der Waals surface area contributed by atoms with Crippen LogP contribution in [0.5, 0.6) is 5.75 Å². The monoisotopic (exact) mass is 533 g/mol. The zero-order valence-electron chi connectivity index (χ0n) is 21.0. The van der Waals surface area contributed by atoms with E-state index in [0.717, 1.165) is 13.2 Å². The molecule has 0 spiro atoms. The van der Waals surface area contributed by atoms with E-state index in [1.54, 1.807) is 6.07 Å². The van der Waals surface area contributed by atoms with Crippen LogP contribution in [0.15, 0.2) is 30.5 Å². The molecule has 3 aromatic rings. The average Bonchev–Trinajstić information content (AvgIpc) is 3.45. The molecule has 2 saturated heterocycles. The first-order chi connectivity index (χ1) is 17.6. The Hall–Kier alpha value is -2.79. The molecule has 2 aliphatic heterocycles. The van der Waals surface area contributed by atoms with E-state index in [0.29, 0.717) is 54.2 Å². The number of anilines is 2. The third kappa shape index (κ3) is 6.95. The second kappa shape index (κ2) is 11.7. The quantitative estimate of drug-likeness (QED) is 0.445. The van der Waals surface area contributed by atoms with Gasteiger partial charge in [-0.05, 0) is 51.0 Å². The highest BCUT2D eigenvalue weighted by molar-refractivity contribution is 6.32. The number of aromatic nitrogens is 3. The fourth-order valence-corrected chi connectivity index (χ4v) is 4.38. The largest absolute Gasteiger partial charge is 0.489 e. The molecule has 9 nitrogen and oxygen atoms in total. The summed E-state index contributed by atoms with van der Waals surface area (Å²) in [5.41, 5.74) is 6.17. The van der Waals surface area contributed by atoms with Crippen LogP contribution in [0, 0.1) is 5.82 Å². The minimum atomic E-state index is -1.34. The molecule has 200 valence electrons. The summed E-state index contributed by atoms with van der Waals surface area (Å²) in [6.07, 6.45) is 4.27. The van der Waals surface area contributed by atoms with Crippen molar-refractivity contribution in [3.05, 3.63) is 47.0 Å². The topological polar surface area (TPSA) is 127 Å². The minimum Gasteiger partial charge on any atom is -0.489 e. The van der Waals surface area contributed by atoms with Crippen molar-refractivity contribution in [2.24, 2.45) is 0 Å². The standard InChI is InChI=1S/C22H25ClFN5O3.C4H8O/c1-22(2,31)19(30)16-10-15-17(11-26-16)28-21(20(25)27-15)29-7-5-13(6-8-29)32-18-4-3-12(24)9-14(18)23;1-2-4-5-3-1/h3-4,9-11,13,19,30-31H,5-8H2,1-2H3,(H2,25,27);1-4H2. The molecule has 37 heavy (non-hydrogen) atoms. The summed E-state index contributed by atoms with van der Waals surface area (Å²) in [6, 6.07) is 5.67. The lowest BCUT2D eigenvalue weighted by atomic mass is 9.98. The van der Waals surface area contributed by atoms with Crippen LogP contribution >= 0.6 is 11.6 Å². The lowest BCUT2D eigenvalue weighted by molar-refractivity contribution is -0.0516. The van der Waals surface area contributed by atoms with Crippen molar-refractivity contribution >= 4 is 34.3 Å². The molecule has 1 atom stereocenters. The number of piperidine rings is 1. The fourth-order valence-electron chi connectivity index (χ4n) is 4.17. The highest BCUT2D eigenvalue weighted by atomic mass is 35.5. The van der Waals surface area contributed by atoms with Crippen LogP contribution in [0.25, 0.3) is 11.0 Å². The predicted octanol–water partition coefficient (Wildman–Crippen LogP) is 4.05. The molecule has 2 aromatic heterocycles. The Balaban J connectivity index is 0.000000572. The highest BCUT2D eigenvalue weighted by Gasteiger charge is 2.28. The smallest absolute Gasteiger partial charge is 0.172 e. The Morgan fingerprint density at radius 3 is 2.46 bits per heavy atom. The van der Waals surface area contributed by atoms with E-state index in [4.69, 9.17) is 26.8 Å². The number of pyridine rings is 1. The Morgan fingerprint density at radius 1 is 1.16 bits per heavy atom. The van der Waals surface area contributed by atoms with Crippen LogP contribution in [0.1, 0.15) is 51.3 Å². The number of benzene rings is 1. The van der Waals surface area contributed by atoms with Crippen LogP contribution in [0.3, 0.4) is 0 Å². The van der Waals surface area contributed by atoms with Crippen LogP contribution < -0.4 is 15.4 Å². The summed E-state index contributed by atoms with van der Waals surface area (Å²) < 4.78 is 24.1. The van der Waals surface area contributed by atoms with E-state index in [1.807, 2.05) is 4.90 Å². The summed E-state index contributed by atoms with van der Waals surface area (Å²) in [7, 11) is 0. The summed E-state index contributed by atoms with van der Waals surface area (Å²) in [6.45, 7) is 6.31. The van der Waals surface area contributed by atoms with Gasteiger partial charge in [-0.25, -0.2) is 14.4 Å². The van der Waals surface area contributed by atoms with Gasteiger partial charge in [0.05, 0.1) is 28.0 Å². The number of nitrogens with zero attached hydrogens (tertiary/aromatic N) is 4. The van der Waals surface area contributed by atoms with E-state index in [9.17, 15) is 14.6 Å². The predicted molar refractivity (Wildman–Crippen MR) is 140 cm³/mol. The van der Waals surface area contributed by atoms with E-state index in [1.165, 1.54) is 51.1 Å². The van der Waals surface area contributed by atoms with Crippen molar-refractivity contribution in [1.82, 2.24) is 15.0 Å². The third-order valence-corrected chi connectivity index (χ3v) is 6.58. The molecule has 0 amide bonds. The first-order valence-corrected chi connectivity index (χ1v) is 12.8. The number of halogens is 2. The van der Waals surface area contributed by atoms with Gasteiger partial charge in [0.25, 0.3) is 0 Å². The van der Waals surface area contributed by atoms with Crippen molar-refractivity contribution in [1.29, 1.82) is 0 Å². The van der Waals surface area contributed by atoms with Crippen LogP contribution in [-0.4, -0.2) is 63.2 Å². The fraction of sp³-hybridized carbons (Fsp3) is 0.500. The molecule has 1 aromatic carbocycles. The van der Waals surface area contributed by atoms with Gasteiger partial charge >= 0.3 is 0 Å². The van der Waals surface area contributed by atoms with E-state index < -0.39 is 17.5 Å². The molecule has 0 saturated carbocycles. The summed E-state index contributed by atoms with van der Waals surface area (Å²) in [4.78, 5) is 15.3. The van der Waals surface area contributed by atoms with Crippen molar-refractivity contribution in [3.8, 4) is 5.75 Å². The molecule has 2 fully saturated rings. The molecule has 4 heterocycles. The Labute approximate surface area is 220 Å². The second-order valence-electron chi connectivity index (χ2n) is 9.79. The SMILES string of the molecule is C1CCOC1.CC(C)(O)C(O)c1cc2nc(N)c(N3CCC(Oc4ccc(F)cc4Cl)CC3)nc2cn1. The van der Waals surface area contributed by atoms with Gasteiger partial charge in [0.2, 0.25) is 0 Å². The number of aliphatic hydroxyl groups excluding tert-OH is 1. The van der Waals surface area contributed by atoms with Gasteiger partial charge in [-0.3, -0.25) is 4.98 Å². The Kier molecular flexibility index (Phi) is 8.63. The molecule has 4 N–H and O–H groups in total. The zero-order valence-corrected chi connectivity index (χ0v) is 21.8. The van der Waals surface area contributed by atoms with Crippen molar-refractivity contribution < 1.29 is 24.1 Å². The van der Waals surface area contributed by atoms with Gasteiger partial charge in [0.15, 0.2) is 11.6 Å². The van der Waals surface area contributed by atoms with Crippen LogP contribution in [0.2, 0.25) is 5.02 Å². The van der Waals surface area contributed by atoms with Crippen LogP contribution in [0.4, 0.5) is 16.0 Å². The second-order valence-corrected chi connectivity index (χ2v) is 10.2. The maximum atomic E-state index is 13.2. The van der Waals surface area contributed by atoms with Gasteiger partial charge < -0.3 is 30.3 Å². The molecule has 0 radical (unpaired) electrons.